The molecule has 7 nitrogen and oxygen atoms in total. The Morgan fingerprint density at radius 3 is 1.56 bits per heavy atom. The molecule has 0 aliphatic rings. The van der Waals surface area contributed by atoms with E-state index in [0.717, 1.165) is 48.7 Å². The normalized spacial score (nSPS) is 13.6. The van der Waals surface area contributed by atoms with Crippen molar-refractivity contribution in [3.63, 3.8) is 0 Å². The molecule has 0 saturated carbocycles. The summed E-state index contributed by atoms with van der Waals surface area (Å²) >= 11 is 0. The summed E-state index contributed by atoms with van der Waals surface area (Å²) in [6.07, 6.45) is 0.888. The molecule has 10 heteroatoms. The average molecular weight is 564 g/mol. The van der Waals surface area contributed by atoms with E-state index in [-0.39, 0.29) is 18.4 Å². The largest absolute Gasteiger partial charge is 0.519 e. The van der Waals surface area contributed by atoms with Crippen molar-refractivity contribution >= 4 is 37.1 Å². The van der Waals surface area contributed by atoms with Crippen molar-refractivity contribution in [3.05, 3.63) is 0 Å². The standard InChI is InChI=1S/C26H57NO6Si3/c1-11-27(21-20-22-34(10,30-12-2)31-13-3)24(26(29)33-36(17-7,18-8)19-9)23-25(28)32-35(14-4,15-5)16-6/h24H,11-23H2,1-10H3. The van der Waals surface area contributed by atoms with E-state index >= 15 is 0 Å². The highest BCUT2D eigenvalue weighted by Crippen LogP contribution is 2.26. The fraction of sp³-hybridized carbons (Fsp3) is 0.923. The highest BCUT2D eigenvalue weighted by Gasteiger charge is 2.40. The quantitative estimate of drug-likeness (QED) is 0.144. The Hall–Kier alpha value is -0.529. The Bertz CT molecular complexity index is 606. The number of carbonyl (C=O) groups excluding carboxylic acids is 2. The Kier molecular flexibility index (Phi) is 17.6. The lowest BCUT2D eigenvalue weighted by atomic mass is 10.1. The third kappa shape index (κ3) is 11.1. The molecule has 0 aliphatic carbocycles. The van der Waals surface area contributed by atoms with Crippen molar-refractivity contribution in [3.8, 4) is 0 Å². The minimum Gasteiger partial charge on any atom is -0.519 e. The van der Waals surface area contributed by atoms with E-state index < -0.39 is 31.2 Å². The minimum absolute atomic E-state index is 0.0503. The number of nitrogens with zero attached hydrogens (tertiary/aromatic N) is 1. The number of likely N-dealkylation sites (N-methyl/N-ethyl adjacent to an activating group) is 1. The molecule has 0 saturated heterocycles. The van der Waals surface area contributed by atoms with Crippen LogP contribution in [-0.4, -0.2) is 74.4 Å². The lowest BCUT2D eigenvalue weighted by Crippen LogP contribution is -2.50. The lowest BCUT2D eigenvalue weighted by molar-refractivity contribution is -0.147. The first kappa shape index (κ1) is 35.5. The fourth-order valence-corrected chi connectivity index (χ4v) is 12.3. The second-order valence-electron chi connectivity index (χ2n) is 9.83. The van der Waals surface area contributed by atoms with Crippen LogP contribution in [0.2, 0.25) is 48.9 Å². The predicted molar refractivity (Wildman–Crippen MR) is 157 cm³/mol. The Balaban J connectivity index is 5.80. The molecule has 0 heterocycles. The number of rotatable bonds is 21. The summed E-state index contributed by atoms with van der Waals surface area (Å²) in [5.74, 6) is -0.510. The molecule has 1 atom stereocenters. The number of hydrogen-bond donors (Lipinski definition) is 0. The van der Waals surface area contributed by atoms with Gasteiger partial charge in [0.05, 0.1) is 6.42 Å². The van der Waals surface area contributed by atoms with Gasteiger partial charge in [-0.05, 0) is 82.2 Å². The monoisotopic (exact) mass is 563 g/mol. The van der Waals surface area contributed by atoms with Crippen molar-refractivity contribution in [2.45, 2.75) is 130 Å². The van der Waals surface area contributed by atoms with Crippen LogP contribution in [-0.2, 0) is 27.3 Å². The van der Waals surface area contributed by atoms with Gasteiger partial charge in [0, 0.05) is 13.2 Å². The van der Waals surface area contributed by atoms with E-state index in [4.69, 9.17) is 17.7 Å². The zero-order chi connectivity index (χ0) is 27.8. The number of carbonyl (C=O) groups is 2. The molecule has 0 aromatic heterocycles. The fourth-order valence-electron chi connectivity index (χ4n) is 4.95. The highest BCUT2D eigenvalue weighted by atomic mass is 28.4. The molecule has 0 aromatic carbocycles. The summed E-state index contributed by atoms with van der Waals surface area (Å²) in [7, 11) is -6.51. The topological polar surface area (TPSA) is 74.3 Å². The van der Waals surface area contributed by atoms with Gasteiger partial charge in [-0.3, -0.25) is 14.5 Å². The van der Waals surface area contributed by atoms with Crippen LogP contribution in [0.5, 0.6) is 0 Å². The molecule has 0 radical (unpaired) electrons. The van der Waals surface area contributed by atoms with Crippen molar-refractivity contribution < 1.29 is 27.3 Å². The van der Waals surface area contributed by atoms with Crippen LogP contribution in [0.25, 0.3) is 0 Å². The summed E-state index contributed by atoms with van der Waals surface area (Å²) in [5.41, 5.74) is 0. The van der Waals surface area contributed by atoms with Gasteiger partial charge in [-0.2, -0.15) is 0 Å². The summed E-state index contributed by atoms with van der Waals surface area (Å²) in [5, 5.41) is 0. The van der Waals surface area contributed by atoms with Crippen LogP contribution < -0.4 is 0 Å². The van der Waals surface area contributed by atoms with E-state index in [9.17, 15) is 9.59 Å². The Morgan fingerprint density at radius 1 is 0.722 bits per heavy atom. The minimum atomic E-state index is -2.25. The second kappa shape index (κ2) is 17.9. The van der Waals surface area contributed by atoms with Crippen LogP contribution in [0.4, 0.5) is 0 Å². The molecule has 0 bridgehead atoms. The molecule has 1 unspecified atom stereocenters. The van der Waals surface area contributed by atoms with E-state index in [2.05, 4.69) is 53.0 Å². The molecule has 0 fully saturated rings. The van der Waals surface area contributed by atoms with Gasteiger partial charge in [0.1, 0.15) is 6.04 Å². The van der Waals surface area contributed by atoms with Crippen LogP contribution in [0.1, 0.15) is 75.2 Å². The molecule has 0 N–H and O–H groups in total. The van der Waals surface area contributed by atoms with Gasteiger partial charge >= 0.3 is 14.5 Å². The van der Waals surface area contributed by atoms with Crippen LogP contribution in [0.3, 0.4) is 0 Å². The lowest BCUT2D eigenvalue weighted by Gasteiger charge is -2.35. The van der Waals surface area contributed by atoms with Crippen molar-refractivity contribution in [1.82, 2.24) is 4.90 Å². The van der Waals surface area contributed by atoms with E-state index in [1.54, 1.807) is 0 Å². The molecule has 0 spiro atoms. The van der Waals surface area contributed by atoms with Crippen molar-refractivity contribution in [2.24, 2.45) is 0 Å². The van der Waals surface area contributed by atoms with E-state index in [0.29, 0.717) is 26.3 Å². The first-order valence-electron chi connectivity index (χ1n) is 14.5. The van der Waals surface area contributed by atoms with Crippen LogP contribution >= 0.6 is 0 Å². The third-order valence-electron chi connectivity index (χ3n) is 7.97. The zero-order valence-electron chi connectivity index (χ0n) is 25.2. The van der Waals surface area contributed by atoms with Gasteiger partial charge in [0.25, 0.3) is 22.6 Å². The Morgan fingerprint density at radius 2 is 1.17 bits per heavy atom. The second-order valence-corrected chi connectivity index (χ2v) is 22.6. The predicted octanol–water partition coefficient (Wildman–Crippen LogP) is 6.70. The third-order valence-corrected chi connectivity index (χ3v) is 20.1. The molecule has 0 aromatic rings. The first-order chi connectivity index (χ1) is 17.0. The van der Waals surface area contributed by atoms with Crippen molar-refractivity contribution in [2.75, 3.05) is 26.3 Å². The molecular formula is C26H57NO6Si3. The van der Waals surface area contributed by atoms with E-state index in [1.807, 2.05) is 20.8 Å². The maximum atomic E-state index is 13.6. The summed E-state index contributed by atoms with van der Waals surface area (Å²) in [6.45, 7) is 23.4. The van der Waals surface area contributed by atoms with Crippen molar-refractivity contribution in [1.29, 1.82) is 0 Å². The maximum absolute atomic E-state index is 13.6. The zero-order valence-corrected chi connectivity index (χ0v) is 28.2. The Labute approximate surface area is 225 Å². The first-order valence-corrected chi connectivity index (χ1v) is 22.1. The number of hydrogen-bond acceptors (Lipinski definition) is 7. The highest BCUT2D eigenvalue weighted by molar-refractivity contribution is 6.75. The maximum Gasteiger partial charge on any atom is 0.334 e. The summed E-state index contributed by atoms with van der Waals surface area (Å²) in [6, 6.07) is 5.57. The van der Waals surface area contributed by atoms with Gasteiger partial charge in [-0.25, -0.2) is 0 Å². The average Bonchev–Trinajstić information content (AvgIpc) is 2.87. The van der Waals surface area contributed by atoms with E-state index in [1.165, 1.54) is 0 Å². The molecule has 0 amide bonds. The van der Waals surface area contributed by atoms with Gasteiger partial charge < -0.3 is 17.7 Å². The van der Waals surface area contributed by atoms with Crippen LogP contribution in [0.15, 0.2) is 0 Å². The summed E-state index contributed by atoms with van der Waals surface area (Å²) < 4.78 is 24.4. The molecule has 0 aliphatic heterocycles. The van der Waals surface area contributed by atoms with Gasteiger partial charge in [0.15, 0.2) is 0 Å². The molecular weight excluding hydrogens is 507 g/mol. The van der Waals surface area contributed by atoms with Gasteiger partial charge in [0.2, 0.25) is 0 Å². The summed E-state index contributed by atoms with van der Waals surface area (Å²) in [4.78, 5) is 28.9. The van der Waals surface area contributed by atoms with Crippen LogP contribution in [0, 0.1) is 0 Å². The molecule has 214 valence electrons. The smallest absolute Gasteiger partial charge is 0.334 e. The molecule has 36 heavy (non-hydrogen) atoms. The van der Waals surface area contributed by atoms with Gasteiger partial charge in [-0.1, -0.05) is 48.5 Å². The SMILES string of the molecule is CCO[Si](C)(CCCN(CC)C(CC(=O)O[Si](CC)(CC)CC)C(=O)O[Si](CC)(CC)CC)OCC. The van der Waals surface area contributed by atoms with Gasteiger partial charge in [-0.15, -0.1) is 0 Å². The molecule has 0 rings (SSSR count).